The second kappa shape index (κ2) is 5.27. The zero-order valence-electron chi connectivity index (χ0n) is 10.5. The molecule has 18 heavy (non-hydrogen) atoms. The number of methoxy groups -OCH3 is 1. The predicted molar refractivity (Wildman–Crippen MR) is 73.2 cm³/mol. The van der Waals surface area contributed by atoms with Gasteiger partial charge in [-0.2, -0.15) is 0 Å². The molecule has 0 bridgehead atoms. The normalized spacial score (nSPS) is 10.4. The summed E-state index contributed by atoms with van der Waals surface area (Å²) in [6.07, 6.45) is 1.90. The topological polar surface area (TPSA) is 44.1 Å². The van der Waals surface area contributed by atoms with Crippen LogP contribution in [0.15, 0.2) is 40.3 Å². The second-order valence-corrected chi connectivity index (χ2v) is 4.53. The van der Waals surface area contributed by atoms with Gasteiger partial charge in [-0.15, -0.1) is 0 Å². The number of aromatic nitrogens is 2. The van der Waals surface area contributed by atoms with Crippen molar-refractivity contribution in [2.24, 2.45) is 7.05 Å². The van der Waals surface area contributed by atoms with E-state index in [1.54, 1.807) is 20.2 Å². The van der Waals surface area contributed by atoms with E-state index < -0.39 is 0 Å². The van der Waals surface area contributed by atoms with Crippen LogP contribution in [0.4, 0.5) is 0 Å². The van der Waals surface area contributed by atoms with Crippen molar-refractivity contribution in [1.82, 2.24) is 9.55 Å². The molecule has 0 N–H and O–H groups in total. The first-order valence-corrected chi connectivity index (χ1v) is 6.64. The van der Waals surface area contributed by atoms with E-state index in [-0.39, 0.29) is 5.56 Å². The molecule has 1 aromatic heterocycles. The van der Waals surface area contributed by atoms with Crippen molar-refractivity contribution in [2.75, 3.05) is 13.4 Å². The number of thioether (sulfide) groups is 1. The monoisotopic (exact) mass is 262 g/mol. The van der Waals surface area contributed by atoms with E-state index in [0.29, 0.717) is 10.9 Å². The van der Waals surface area contributed by atoms with Gasteiger partial charge in [-0.25, -0.2) is 4.98 Å². The lowest BCUT2D eigenvalue weighted by Gasteiger charge is -2.07. The highest BCUT2D eigenvalue weighted by molar-refractivity contribution is 7.98. The van der Waals surface area contributed by atoms with Crippen molar-refractivity contribution in [1.29, 1.82) is 0 Å². The quantitative estimate of drug-likeness (QED) is 0.628. The zero-order valence-corrected chi connectivity index (χ0v) is 11.3. The number of hydrogen-bond donors (Lipinski definition) is 0. The van der Waals surface area contributed by atoms with Gasteiger partial charge in [-0.3, -0.25) is 9.36 Å². The third-order valence-corrected chi connectivity index (χ3v) is 3.39. The molecule has 1 heterocycles. The minimum Gasteiger partial charge on any atom is -0.497 e. The maximum Gasteiger partial charge on any atom is 0.254 e. The molecule has 0 amide bonds. The minimum absolute atomic E-state index is 0.0554. The molecular weight excluding hydrogens is 248 g/mol. The summed E-state index contributed by atoms with van der Waals surface area (Å²) < 4.78 is 6.64. The molecule has 5 heteroatoms. The van der Waals surface area contributed by atoms with Gasteiger partial charge in [0.05, 0.1) is 12.8 Å². The molecular formula is C13H14N2O2S. The summed E-state index contributed by atoms with van der Waals surface area (Å²) in [6, 6.07) is 9.04. The van der Waals surface area contributed by atoms with Gasteiger partial charge in [-0.1, -0.05) is 11.8 Å². The number of nitrogens with zero attached hydrogens (tertiary/aromatic N) is 2. The Hall–Kier alpha value is -1.75. The van der Waals surface area contributed by atoms with Crippen LogP contribution in [-0.2, 0) is 7.05 Å². The van der Waals surface area contributed by atoms with Gasteiger partial charge >= 0.3 is 0 Å². The van der Waals surface area contributed by atoms with Crippen LogP contribution in [0, 0.1) is 0 Å². The Morgan fingerprint density at radius 3 is 2.50 bits per heavy atom. The Morgan fingerprint density at radius 1 is 1.28 bits per heavy atom. The Kier molecular flexibility index (Phi) is 3.72. The van der Waals surface area contributed by atoms with Crippen LogP contribution in [0.3, 0.4) is 0 Å². The highest BCUT2D eigenvalue weighted by Crippen LogP contribution is 2.21. The van der Waals surface area contributed by atoms with Gasteiger partial charge in [0, 0.05) is 18.7 Å². The van der Waals surface area contributed by atoms with E-state index >= 15 is 0 Å². The van der Waals surface area contributed by atoms with Crippen LogP contribution in [-0.4, -0.2) is 22.9 Å². The molecule has 0 atom stereocenters. The zero-order chi connectivity index (χ0) is 13.1. The minimum atomic E-state index is -0.0554. The average molecular weight is 262 g/mol. The summed E-state index contributed by atoms with van der Waals surface area (Å²) in [6.45, 7) is 0. The summed E-state index contributed by atoms with van der Waals surface area (Å²) in [5, 5.41) is 0.702. The van der Waals surface area contributed by atoms with Crippen molar-refractivity contribution in [3.8, 4) is 17.0 Å². The third-order valence-electron chi connectivity index (χ3n) is 2.66. The highest BCUT2D eigenvalue weighted by atomic mass is 32.2. The maximum absolute atomic E-state index is 11.8. The second-order valence-electron chi connectivity index (χ2n) is 3.75. The Morgan fingerprint density at radius 2 is 1.94 bits per heavy atom. The van der Waals surface area contributed by atoms with Gasteiger partial charge in [0.25, 0.3) is 5.56 Å². The van der Waals surface area contributed by atoms with Crippen LogP contribution in [0.1, 0.15) is 0 Å². The lowest BCUT2D eigenvalue weighted by atomic mass is 10.1. The van der Waals surface area contributed by atoms with E-state index in [4.69, 9.17) is 4.74 Å². The van der Waals surface area contributed by atoms with Gasteiger partial charge in [0.15, 0.2) is 5.16 Å². The van der Waals surface area contributed by atoms with Crippen molar-refractivity contribution in [2.45, 2.75) is 5.16 Å². The van der Waals surface area contributed by atoms with Crippen LogP contribution in [0.5, 0.6) is 5.75 Å². The first kappa shape index (κ1) is 12.7. The molecule has 0 radical (unpaired) electrons. The first-order valence-electron chi connectivity index (χ1n) is 5.42. The van der Waals surface area contributed by atoms with Gasteiger partial charge in [0.2, 0.25) is 0 Å². The number of hydrogen-bond acceptors (Lipinski definition) is 4. The Bertz CT molecular complexity index is 605. The lowest BCUT2D eigenvalue weighted by Crippen LogP contribution is -2.19. The molecule has 1 aromatic carbocycles. The molecule has 0 aliphatic carbocycles. The molecule has 0 aliphatic rings. The summed E-state index contributed by atoms with van der Waals surface area (Å²) in [5.41, 5.74) is 1.54. The molecule has 0 fully saturated rings. The molecule has 2 rings (SSSR count). The molecule has 4 nitrogen and oxygen atoms in total. The first-order chi connectivity index (χ1) is 8.65. The number of rotatable bonds is 3. The summed E-state index contributed by atoms with van der Waals surface area (Å²) in [4.78, 5) is 16.3. The fraction of sp³-hybridized carbons (Fsp3) is 0.231. The molecule has 0 saturated heterocycles. The van der Waals surface area contributed by atoms with E-state index in [0.717, 1.165) is 11.3 Å². The highest BCUT2D eigenvalue weighted by Gasteiger charge is 2.06. The number of ether oxygens (including phenoxy) is 1. The molecule has 2 aromatic rings. The van der Waals surface area contributed by atoms with Crippen molar-refractivity contribution < 1.29 is 4.74 Å². The molecule has 0 spiro atoms. The fourth-order valence-electron chi connectivity index (χ4n) is 1.61. The standard InChI is InChI=1S/C13H14N2O2S/c1-15-12(16)8-11(14-13(15)18-3)9-4-6-10(17-2)7-5-9/h4-8H,1-3H3. The average Bonchev–Trinajstić information content (AvgIpc) is 2.42. The van der Waals surface area contributed by atoms with Crippen molar-refractivity contribution in [3.63, 3.8) is 0 Å². The number of benzene rings is 1. The lowest BCUT2D eigenvalue weighted by molar-refractivity contribution is 0.415. The predicted octanol–water partition coefficient (Wildman–Crippen LogP) is 2.18. The largest absolute Gasteiger partial charge is 0.497 e. The van der Waals surface area contributed by atoms with E-state index in [2.05, 4.69) is 4.98 Å². The van der Waals surface area contributed by atoms with Gasteiger partial charge in [0.1, 0.15) is 5.75 Å². The van der Waals surface area contributed by atoms with Crippen molar-refractivity contribution >= 4 is 11.8 Å². The smallest absolute Gasteiger partial charge is 0.254 e. The summed E-state index contributed by atoms with van der Waals surface area (Å²) >= 11 is 1.45. The summed E-state index contributed by atoms with van der Waals surface area (Å²) in [7, 11) is 3.34. The Balaban J connectivity index is 2.50. The maximum atomic E-state index is 11.8. The fourth-order valence-corrected chi connectivity index (χ4v) is 2.16. The SMILES string of the molecule is COc1ccc(-c2cc(=O)n(C)c(SC)n2)cc1. The molecule has 0 aliphatic heterocycles. The molecule has 0 saturated carbocycles. The van der Waals surface area contributed by atoms with E-state index in [1.807, 2.05) is 30.5 Å². The molecule has 94 valence electrons. The van der Waals surface area contributed by atoms with Gasteiger partial charge < -0.3 is 4.74 Å². The van der Waals surface area contributed by atoms with E-state index in [1.165, 1.54) is 16.3 Å². The van der Waals surface area contributed by atoms with Crippen LogP contribution in [0.2, 0.25) is 0 Å². The third kappa shape index (κ3) is 2.41. The van der Waals surface area contributed by atoms with Crippen LogP contribution in [0.25, 0.3) is 11.3 Å². The van der Waals surface area contributed by atoms with E-state index in [9.17, 15) is 4.79 Å². The summed E-state index contributed by atoms with van der Waals surface area (Å²) in [5.74, 6) is 0.785. The van der Waals surface area contributed by atoms with Crippen molar-refractivity contribution in [3.05, 3.63) is 40.7 Å². The van der Waals surface area contributed by atoms with Gasteiger partial charge in [-0.05, 0) is 30.5 Å². The van der Waals surface area contributed by atoms with Crippen LogP contribution >= 0.6 is 11.8 Å². The molecule has 0 unspecified atom stereocenters. The van der Waals surface area contributed by atoms with Crippen LogP contribution < -0.4 is 10.3 Å². The Labute approximate surface area is 110 Å².